The Kier molecular flexibility index (Phi) is 8.59. The molecule has 6 nitrogen and oxygen atoms in total. The van der Waals surface area contributed by atoms with E-state index in [2.05, 4.69) is 31.7 Å². The molecule has 0 spiro atoms. The van der Waals surface area contributed by atoms with E-state index in [1.54, 1.807) is 11.4 Å². The summed E-state index contributed by atoms with van der Waals surface area (Å²) in [6.45, 7) is 8.92. The molecule has 0 heterocycles. The predicted molar refractivity (Wildman–Crippen MR) is 150 cm³/mol. The van der Waals surface area contributed by atoms with E-state index in [1.165, 1.54) is 5.57 Å². The standard InChI is InChI=1S/C30H40N2O4S/c1-5-6-12-22(2)32(37(31,33)34)28-19-20-30(23(3)25-15-10-11-16-29(25)36-21-35-4)26(17-18-27(28)30)24-13-8-7-9-14-24/h7-11,13-17,22,27-28H,3,5-6,12,18-21H2,1-2,4H3,(H2,31,33,34). The van der Waals surface area contributed by atoms with Crippen molar-refractivity contribution in [3.8, 4) is 5.75 Å². The Bertz CT molecular complexity index is 1230. The quantitative estimate of drug-likeness (QED) is 0.344. The van der Waals surface area contributed by atoms with Gasteiger partial charge in [-0.25, -0.2) is 5.14 Å². The normalized spacial score (nSPS) is 24.1. The van der Waals surface area contributed by atoms with Crippen LogP contribution in [-0.2, 0) is 14.9 Å². The molecule has 2 aromatic rings. The van der Waals surface area contributed by atoms with E-state index in [1.807, 2.05) is 49.4 Å². The fourth-order valence-electron chi connectivity index (χ4n) is 6.64. The van der Waals surface area contributed by atoms with Crippen molar-refractivity contribution in [3.05, 3.63) is 78.4 Å². The molecule has 0 amide bonds. The van der Waals surface area contributed by atoms with Gasteiger partial charge in [0, 0.05) is 30.2 Å². The zero-order chi connectivity index (χ0) is 26.6. The maximum absolute atomic E-state index is 13.0. The average Bonchev–Trinajstić information content (AvgIpc) is 3.44. The van der Waals surface area contributed by atoms with Gasteiger partial charge in [-0.2, -0.15) is 12.7 Å². The molecule has 0 saturated heterocycles. The summed E-state index contributed by atoms with van der Waals surface area (Å²) in [5.74, 6) is 0.734. The lowest BCUT2D eigenvalue weighted by Crippen LogP contribution is -2.51. The van der Waals surface area contributed by atoms with E-state index >= 15 is 0 Å². The maximum atomic E-state index is 13.0. The molecule has 0 bridgehead atoms. The molecule has 2 aliphatic carbocycles. The van der Waals surface area contributed by atoms with Crippen LogP contribution in [0.2, 0.25) is 0 Å². The summed E-state index contributed by atoms with van der Waals surface area (Å²) in [4.78, 5) is 0. The number of hydrogen-bond donors (Lipinski definition) is 1. The zero-order valence-corrected chi connectivity index (χ0v) is 23.0. The lowest BCUT2D eigenvalue weighted by Gasteiger charge is -2.41. The number of hydrogen-bond acceptors (Lipinski definition) is 4. The molecule has 4 unspecified atom stereocenters. The first-order chi connectivity index (χ1) is 17.8. The minimum Gasteiger partial charge on any atom is -0.467 e. The van der Waals surface area contributed by atoms with Crippen LogP contribution < -0.4 is 9.88 Å². The fourth-order valence-corrected chi connectivity index (χ4v) is 7.88. The lowest BCUT2D eigenvalue weighted by molar-refractivity contribution is 0.0508. The topological polar surface area (TPSA) is 81.9 Å². The Balaban J connectivity index is 1.81. The minimum atomic E-state index is -3.90. The van der Waals surface area contributed by atoms with Gasteiger partial charge in [0.15, 0.2) is 6.79 Å². The van der Waals surface area contributed by atoms with Crippen molar-refractivity contribution < 1.29 is 17.9 Å². The van der Waals surface area contributed by atoms with Crippen molar-refractivity contribution in [2.45, 2.75) is 64.5 Å². The number of allylic oxidation sites excluding steroid dienone is 3. The molecule has 2 aromatic carbocycles. The third-order valence-electron chi connectivity index (χ3n) is 8.19. The van der Waals surface area contributed by atoms with Gasteiger partial charge < -0.3 is 9.47 Å². The molecule has 4 rings (SSSR count). The highest BCUT2D eigenvalue weighted by Gasteiger charge is 2.58. The number of unbranched alkanes of at least 4 members (excludes halogenated alkanes) is 1. The molecule has 4 atom stereocenters. The second kappa shape index (κ2) is 11.5. The second-order valence-electron chi connectivity index (χ2n) is 10.3. The summed E-state index contributed by atoms with van der Waals surface area (Å²) < 4.78 is 38.7. The first-order valence-corrected chi connectivity index (χ1v) is 14.7. The Morgan fingerprint density at radius 2 is 1.89 bits per heavy atom. The van der Waals surface area contributed by atoms with Crippen molar-refractivity contribution in [2.75, 3.05) is 13.9 Å². The van der Waals surface area contributed by atoms with Crippen molar-refractivity contribution in [3.63, 3.8) is 0 Å². The van der Waals surface area contributed by atoms with Crippen molar-refractivity contribution in [2.24, 2.45) is 16.5 Å². The van der Waals surface area contributed by atoms with Crippen LogP contribution in [0, 0.1) is 11.3 Å². The summed E-state index contributed by atoms with van der Waals surface area (Å²) in [5, 5.41) is 5.89. The van der Waals surface area contributed by atoms with Crippen LogP contribution in [0.5, 0.6) is 5.75 Å². The highest BCUT2D eigenvalue weighted by Crippen LogP contribution is 2.65. The van der Waals surface area contributed by atoms with Crippen LogP contribution in [0.15, 0.2) is 67.3 Å². The van der Waals surface area contributed by atoms with Gasteiger partial charge in [-0.1, -0.05) is 81.0 Å². The number of fused-ring (bicyclic) bond motifs is 1. The van der Waals surface area contributed by atoms with Gasteiger partial charge in [0.1, 0.15) is 5.75 Å². The van der Waals surface area contributed by atoms with E-state index in [-0.39, 0.29) is 24.8 Å². The van der Waals surface area contributed by atoms with Crippen LogP contribution >= 0.6 is 0 Å². The zero-order valence-electron chi connectivity index (χ0n) is 22.2. The van der Waals surface area contributed by atoms with Gasteiger partial charge in [-0.05, 0) is 61.3 Å². The van der Waals surface area contributed by atoms with Crippen LogP contribution in [0.25, 0.3) is 11.1 Å². The van der Waals surface area contributed by atoms with E-state index in [0.717, 1.165) is 55.2 Å². The van der Waals surface area contributed by atoms with E-state index in [4.69, 9.17) is 14.6 Å². The van der Waals surface area contributed by atoms with Crippen LogP contribution in [-0.4, -0.2) is 38.7 Å². The van der Waals surface area contributed by atoms with E-state index < -0.39 is 15.6 Å². The van der Waals surface area contributed by atoms with Crippen molar-refractivity contribution >= 4 is 21.4 Å². The molecular weight excluding hydrogens is 484 g/mol. The third kappa shape index (κ3) is 5.28. The molecule has 7 heteroatoms. The highest BCUT2D eigenvalue weighted by molar-refractivity contribution is 7.86. The van der Waals surface area contributed by atoms with Gasteiger partial charge in [0.2, 0.25) is 0 Å². The SMILES string of the molecule is C=C(c1ccccc1OCOC)C12CCC(N(C(C)CCCC)S(N)(=O)=O)C1CC=C2c1ccccc1. The van der Waals surface area contributed by atoms with E-state index in [0.29, 0.717) is 5.75 Å². The number of benzene rings is 2. The maximum Gasteiger partial charge on any atom is 0.277 e. The minimum absolute atomic E-state index is 0.0214. The highest BCUT2D eigenvalue weighted by atomic mass is 32.2. The molecular formula is C30H40N2O4S. The summed E-state index contributed by atoms with van der Waals surface area (Å²) in [5.41, 5.74) is 3.79. The third-order valence-corrected chi connectivity index (χ3v) is 9.41. The lowest BCUT2D eigenvalue weighted by atomic mass is 9.66. The molecule has 2 N–H and O–H groups in total. The Hall–Kier alpha value is -2.45. The monoisotopic (exact) mass is 524 g/mol. The number of rotatable bonds is 12. The summed E-state index contributed by atoms with van der Waals surface area (Å²) in [7, 11) is -2.30. The van der Waals surface area contributed by atoms with Crippen LogP contribution in [0.1, 0.15) is 63.5 Å². The smallest absolute Gasteiger partial charge is 0.277 e. The molecule has 37 heavy (non-hydrogen) atoms. The second-order valence-corrected chi connectivity index (χ2v) is 11.7. The van der Waals surface area contributed by atoms with Gasteiger partial charge in [0.25, 0.3) is 10.2 Å². The Labute approximate surface area is 222 Å². The first kappa shape index (κ1) is 27.6. The largest absolute Gasteiger partial charge is 0.467 e. The number of nitrogens with zero attached hydrogens (tertiary/aromatic N) is 1. The number of methoxy groups -OCH3 is 1. The summed E-state index contributed by atoms with van der Waals surface area (Å²) in [6.07, 6.45) is 7.32. The van der Waals surface area contributed by atoms with Gasteiger partial charge >= 0.3 is 0 Å². The number of ether oxygens (including phenoxy) is 2. The van der Waals surface area contributed by atoms with Gasteiger partial charge in [0.05, 0.1) is 0 Å². The van der Waals surface area contributed by atoms with E-state index in [9.17, 15) is 8.42 Å². The average molecular weight is 525 g/mol. The number of nitrogens with two attached hydrogens (primary N) is 1. The first-order valence-electron chi connectivity index (χ1n) is 13.2. The van der Waals surface area contributed by atoms with Gasteiger partial charge in [-0.3, -0.25) is 0 Å². The van der Waals surface area contributed by atoms with Crippen LogP contribution in [0.4, 0.5) is 0 Å². The van der Waals surface area contributed by atoms with Crippen molar-refractivity contribution in [1.29, 1.82) is 0 Å². The van der Waals surface area contributed by atoms with Crippen molar-refractivity contribution in [1.82, 2.24) is 4.31 Å². The van der Waals surface area contributed by atoms with Gasteiger partial charge in [-0.15, -0.1) is 0 Å². The Morgan fingerprint density at radius 3 is 2.57 bits per heavy atom. The predicted octanol–water partition coefficient (Wildman–Crippen LogP) is 6.02. The molecule has 2 aliphatic rings. The van der Waals surface area contributed by atoms with Crippen LogP contribution in [0.3, 0.4) is 0 Å². The molecule has 0 aromatic heterocycles. The Morgan fingerprint density at radius 1 is 1.19 bits per heavy atom. The fraction of sp³-hybridized carbons (Fsp3) is 0.467. The molecule has 1 saturated carbocycles. The molecule has 0 aliphatic heterocycles. The molecule has 200 valence electrons. The summed E-state index contributed by atoms with van der Waals surface area (Å²) >= 11 is 0. The molecule has 1 fully saturated rings. The number of para-hydroxylation sites is 1. The summed E-state index contributed by atoms with van der Waals surface area (Å²) in [6, 6.07) is 17.9. The molecule has 0 radical (unpaired) electrons.